The van der Waals surface area contributed by atoms with Crippen LogP contribution in [0, 0.1) is 11.8 Å². The van der Waals surface area contributed by atoms with E-state index in [2.05, 4.69) is 0 Å². The molecule has 2 atom stereocenters. The van der Waals surface area contributed by atoms with Crippen molar-refractivity contribution in [3.05, 3.63) is 5.92 Å². The summed E-state index contributed by atoms with van der Waals surface area (Å²) in [5.74, 6) is -3.75. The normalized spacial score (nSPS) is 20.5. The maximum absolute atomic E-state index is 11.4. The first-order valence-corrected chi connectivity index (χ1v) is 10.1. The van der Waals surface area contributed by atoms with Gasteiger partial charge >= 0.3 is 5.97 Å². The molecule has 0 aromatic carbocycles. The van der Waals surface area contributed by atoms with Gasteiger partial charge in [-0.25, -0.2) is 0 Å². The first-order chi connectivity index (χ1) is 10.0. The van der Waals surface area contributed by atoms with Crippen LogP contribution < -0.4 is 0 Å². The van der Waals surface area contributed by atoms with Crippen molar-refractivity contribution in [1.29, 1.82) is 0 Å². The zero-order valence-corrected chi connectivity index (χ0v) is 13.6. The maximum atomic E-state index is 11.4. The Balaban J connectivity index is 2.87. The second-order valence-corrected chi connectivity index (χ2v) is 8.73. The molecule has 0 bridgehead atoms. The van der Waals surface area contributed by atoms with Crippen molar-refractivity contribution in [1.82, 2.24) is 0 Å². The van der Waals surface area contributed by atoms with Crippen LogP contribution >= 0.6 is 0 Å². The summed E-state index contributed by atoms with van der Waals surface area (Å²) >= 11 is 0. The van der Waals surface area contributed by atoms with Gasteiger partial charge < -0.3 is 5.11 Å². The van der Waals surface area contributed by atoms with Gasteiger partial charge in [0.05, 0.1) is 11.7 Å². The monoisotopic (exact) mass is 357 g/mol. The number of hydrogen-bond donors (Lipinski definition) is 3. The highest BCUT2D eigenvalue weighted by Crippen LogP contribution is 2.32. The van der Waals surface area contributed by atoms with Crippen LogP contribution in [0.2, 0.25) is 0 Å². The number of rotatable bonds is 8. The Kier molecular flexibility index (Phi) is 6.78. The van der Waals surface area contributed by atoms with E-state index >= 15 is 0 Å². The van der Waals surface area contributed by atoms with Crippen LogP contribution in [0.3, 0.4) is 0 Å². The predicted octanol–water partition coefficient (Wildman–Crippen LogP) is 1.15. The number of carboxylic acids is 1. The third kappa shape index (κ3) is 6.59. The van der Waals surface area contributed by atoms with Crippen molar-refractivity contribution in [3.63, 3.8) is 0 Å². The van der Waals surface area contributed by atoms with E-state index in [-0.39, 0.29) is 6.42 Å². The number of hydrogen-bond acceptors (Lipinski definition) is 5. The van der Waals surface area contributed by atoms with Crippen LogP contribution in [-0.4, -0.2) is 48.0 Å². The molecule has 0 aromatic heterocycles. The van der Waals surface area contributed by atoms with Crippen molar-refractivity contribution < 1.29 is 35.8 Å². The van der Waals surface area contributed by atoms with E-state index < -0.39 is 43.1 Å². The fourth-order valence-corrected chi connectivity index (χ4v) is 4.76. The summed E-state index contributed by atoms with van der Waals surface area (Å²) in [7, 11) is -9.43. The lowest BCUT2D eigenvalue weighted by atomic mass is 9.85. The lowest BCUT2D eigenvalue weighted by Crippen LogP contribution is -2.39. The predicted molar refractivity (Wildman–Crippen MR) is 78.4 cm³/mol. The molecule has 1 saturated carbocycles. The molecule has 1 aliphatic carbocycles. The summed E-state index contributed by atoms with van der Waals surface area (Å²) in [6.07, 6.45) is 4.85. The standard InChI is InChI=1S/C12H21O8S2/c13-12(14)10(8-21(15,16)17)11(22(18,19)20)7-6-9-4-2-1-3-5-9/h10-11H,1-8H2,(H,13,14)(H,15,16,17)(H,18,19,20). The van der Waals surface area contributed by atoms with Gasteiger partial charge in [-0.1, -0.05) is 19.3 Å². The minimum absolute atomic E-state index is 0.180. The molecule has 10 heteroatoms. The van der Waals surface area contributed by atoms with E-state index in [1.807, 2.05) is 0 Å². The van der Waals surface area contributed by atoms with Crippen LogP contribution in [-0.2, 0) is 25.0 Å². The molecule has 1 rings (SSSR count). The summed E-state index contributed by atoms with van der Waals surface area (Å²) in [5, 5.41) is 7.29. The van der Waals surface area contributed by atoms with Crippen molar-refractivity contribution >= 4 is 26.2 Å². The van der Waals surface area contributed by atoms with Gasteiger partial charge in [0.2, 0.25) is 0 Å². The molecule has 1 radical (unpaired) electrons. The van der Waals surface area contributed by atoms with Crippen molar-refractivity contribution in [2.75, 3.05) is 5.75 Å². The molecular weight excluding hydrogens is 336 g/mol. The van der Waals surface area contributed by atoms with E-state index in [4.69, 9.17) is 9.66 Å². The Morgan fingerprint density at radius 1 is 1.05 bits per heavy atom. The van der Waals surface area contributed by atoms with Crippen LogP contribution in [0.15, 0.2) is 0 Å². The highest BCUT2D eigenvalue weighted by molar-refractivity contribution is 7.87. The van der Waals surface area contributed by atoms with Crippen LogP contribution in [0.25, 0.3) is 0 Å². The lowest BCUT2D eigenvalue weighted by Gasteiger charge is -2.25. The highest BCUT2D eigenvalue weighted by atomic mass is 32.2. The van der Waals surface area contributed by atoms with Crippen LogP contribution in [0.5, 0.6) is 0 Å². The molecule has 1 aliphatic rings. The Morgan fingerprint density at radius 2 is 1.59 bits per heavy atom. The fraction of sp³-hybridized carbons (Fsp3) is 0.833. The number of carboxylic acid groups (broad SMARTS) is 1. The topological polar surface area (TPSA) is 146 Å². The Bertz CT molecular complexity index is 574. The third-order valence-corrected chi connectivity index (χ3v) is 5.99. The smallest absolute Gasteiger partial charge is 0.309 e. The van der Waals surface area contributed by atoms with Crippen LogP contribution in [0.1, 0.15) is 44.9 Å². The van der Waals surface area contributed by atoms with E-state index in [1.165, 1.54) is 0 Å². The Hall–Kier alpha value is -0.710. The largest absolute Gasteiger partial charge is 0.481 e. The summed E-state index contributed by atoms with van der Waals surface area (Å²) in [4.78, 5) is 11.2. The molecule has 0 aliphatic heterocycles. The highest BCUT2D eigenvalue weighted by Gasteiger charge is 2.40. The van der Waals surface area contributed by atoms with Crippen molar-refractivity contribution in [3.8, 4) is 0 Å². The molecule has 22 heavy (non-hydrogen) atoms. The minimum atomic E-state index is -4.75. The third-order valence-electron chi connectivity index (χ3n) is 3.88. The van der Waals surface area contributed by atoms with Gasteiger partial charge in [-0.2, -0.15) is 16.8 Å². The maximum Gasteiger partial charge on any atom is 0.309 e. The minimum Gasteiger partial charge on any atom is -0.481 e. The van der Waals surface area contributed by atoms with Gasteiger partial charge in [-0.05, 0) is 31.6 Å². The molecule has 3 N–H and O–H groups in total. The Morgan fingerprint density at radius 3 is 2.00 bits per heavy atom. The average molecular weight is 357 g/mol. The zero-order chi connectivity index (χ0) is 17.0. The van der Waals surface area contributed by atoms with E-state index in [0.717, 1.165) is 38.0 Å². The average Bonchev–Trinajstić information content (AvgIpc) is 2.35. The van der Waals surface area contributed by atoms with Crippen LogP contribution in [0.4, 0.5) is 0 Å². The van der Waals surface area contributed by atoms with Gasteiger partial charge in [0, 0.05) is 0 Å². The lowest BCUT2D eigenvalue weighted by molar-refractivity contribution is -0.141. The molecule has 8 nitrogen and oxygen atoms in total. The number of carbonyl (C=O) groups is 1. The van der Waals surface area contributed by atoms with Gasteiger partial charge in [0.15, 0.2) is 0 Å². The molecule has 0 heterocycles. The second kappa shape index (κ2) is 7.71. The van der Waals surface area contributed by atoms with E-state index in [0.29, 0.717) is 6.42 Å². The molecule has 0 aromatic rings. The molecule has 0 saturated heterocycles. The van der Waals surface area contributed by atoms with Crippen molar-refractivity contribution in [2.45, 2.75) is 50.2 Å². The summed E-state index contributed by atoms with van der Waals surface area (Å²) in [6, 6.07) is 0. The van der Waals surface area contributed by atoms with Gasteiger partial charge in [-0.15, -0.1) is 0 Å². The summed E-state index contributed by atoms with van der Waals surface area (Å²) in [5.41, 5.74) is 0. The van der Waals surface area contributed by atoms with Gasteiger partial charge in [0.25, 0.3) is 20.2 Å². The fourth-order valence-electron chi connectivity index (χ4n) is 2.77. The molecule has 129 valence electrons. The quantitative estimate of drug-likeness (QED) is 0.548. The molecule has 2 unspecified atom stereocenters. The van der Waals surface area contributed by atoms with E-state index in [1.54, 1.807) is 0 Å². The molecule has 1 fully saturated rings. The summed E-state index contributed by atoms with van der Waals surface area (Å²) in [6.45, 7) is 0. The Labute approximate surface area is 130 Å². The van der Waals surface area contributed by atoms with E-state index in [9.17, 15) is 26.2 Å². The zero-order valence-electron chi connectivity index (χ0n) is 12.0. The first-order valence-electron chi connectivity index (χ1n) is 6.98. The second-order valence-electron chi connectivity index (χ2n) is 5.60. The molecule has 0 spiro atoms. The summed E-state index contributed by atoms with van der Waals surface area (Å²) < 4.78 is 62.7. The molecular formula is C12H21O8S2. The van der Waals surface area contributed by atoms with Crippen molar-refractivity contribution in [2.24, 2.45) is 5.92 Å². The number of aliphatic carboxylic acids is 1. The first kappa shape index (κ1) is 19.3. The van der Waals surface area contributed by atoms with Gasteiger partial charge in [0.1, 0.15) is 5.25 Å². The molecule has 0 amide bonds. The van der Waals surface area contributed by atoms with Gasteiger partial charge in [-0.3, -0.25) is 13.9 Å². The SMILES string of the molecule is O=C(O)C(CS(=O)(=O)O)C(CC[C]1CCCCC1)S(=O)(=O)O.